The number of carbonyl (C=O) groups is 3. The molecular weight excluding hydrogens is 224 g/mol. The van der Waals surface area contributed by atoms with Gasteiger partial charge in [0.1, 0.15) is 12.7 Å². The second kappa shape index (κ2) is 7.98. The topological polar surface area (TPSA) is 127 Å². The molecule has 74 valence electrons. The molecule has 0 aliphatic carbocycles. The summed E-state index contributed by atoms with van der Waals surface area (Å²) in [4.78, 5) is 30.0. The van der Waals surface area contributed by atoms with Crippen molar-refractivity contribution in [3.63, 3.8) is 0 Å². The molecule has 0 radical (unpaired) electrons. The maximum atomic E-state index is 10.1. The van der Waals surface area contributed by atoms with E-state index in [1.807, 2.05) is 0 Å². The maximum Gasteiger partial charge on any atom is 2.00 e. The van der Waals surface area contributed by atoms with Crippen LogP contribution in [0.25, 0.3) is 0 Å². The average Bonchev–Trinajstić information content (AvgIpc) is 1.96. The number of rotatable bonds is 6. The van der Waals surface area contributed by atoms with Crippen molar-refractivity contribution in [3.8, 4) is 0 Å². The van der Waals surface area contributed by atoms with Crippen LogP contribution < -0.4 is 10.2 Å². The van der Waals surface area contributed by atoms with Crippen molar-refractivity contribution >= 4 is 55.6 Å². The van der Waals surface area contributed by atoms with E-state index in [0.29, 0.717) is 0 Å². The van der Waals surface area contributed by atoms with Crippen LogP contribution >= 0.6 is 0 Å². The summed E-state index contributed by atoms with van der Waals surface area (Å²) >= 11 is 0. The maximum absolute atomic E-state index is 10.1. The largest absolute Gasteiger partial charge is 2.00 e. The number of carboxylic acid groups (broad SMARTS) is 3. The van der Waals surface area contributed by atoms with E-state index in [0.717, 1.165) is 0 Å². The third-order valence-electron chi connectivity index (χ3n) is 1.02. The fourth-order valence-corrected chi connectivity index (χ4v) is 0.534. The van der Waals surface area contributed by atoms with Gasteiger partial charge in [-0.2, -0.15) is 0 Å². The second-order valence-electron chi connectivity index (χ2n) is 2.09. The smallest absolute Gasteiger partial charge is 0.550 e. The molecule has 0 aromatic carbocycles. The van der Waals surface area contributed by atoms with E-state index in [2.05, 4.69) is 4.74 Å². The molecule has 1 unspecified atom stereocenters. The van der Waals surface area contributed by atoms with Crippen LogP contribution in [0.15, 0.2) is 0 Å². The zero-order valence-electron chi connectivity index (χ0n) is 7.10. The Morgan fingerprint density at radius 1 is 1.29 bits per heavy atom. The van der Waals surface area contributed by atoms with Crippen molar-refractivity contribution in [1.29, 1.82) is 0 Å². The number of carboxylic acids is 3. The van der Waals surface area contributed by atoms with E-state index in [4.69, 9.17) is 5.11 Å². The number of ether oxygens (including phenoxy) is 1. The minimum atomic E-state index is -1.79. The van der Waals surface area contributed by atoms with Crippen LogP contribution in [0.5, 0.6) is 0 Å². The Balaban J connectivity index is 0. The molecule has 0 aliphatic heterocycles. The standard InChI is InChI=1S/C6H8O7.Ca/c7-4(8)1-3(6(11)12)13-2-5(9)10;/h3H,1-2H2,(H,7,8)(H,9,10)(H,11,12);/q;+2/p-2. The molecule has 0 fully saturated rings. The number of carbonyl (C=O) groups excluding carboxylic acids is 2. The minimum Gasteiger partial charge on any atom is -0.550 e. The molecule has 0 saturated carbocycles. The molecule has 0 saturated heterocycles. The molecule has 0 aliphatic rings. The summed E-state index contributed by atoms with van der Waals surface area (Å²) in [6, 6.07) is 0. The minimum absolute atomic E-state index is 0. The molecule has 0 bridgehead atoms. The predicted octanol–water partition coefficient (Wildman–Crippen LogP) is -4.03. The van der Waals surface area contributed by atoms with Crippen molar-refractivity contribution in [2.75, 3.05) is 6.61 Å². The van der Waals surface area contributed by atoms with Gasteiger partial charge in [-0.3, -0.25) is 0 Å². The van der Waals surface area contributed by atoms with Crippen LogP contribution in [-0.2, 0) is 19.1 Å². The van der Waals surface area contributed by atoms with Gasteiger partial charge in [0, 0.05) is 12.4 Å². The number of aliphatic carboxylic acids is 3. The summed E-state index contributed by atoms with van der Waals surface area (Å²) in [5, 5.41) is 28.1. The molecule has 7 nitrogen and oxygen atoms in total. The fourth-order valence-electron chi connectivity index (χ4n) is 0.534. The fraction of sp³-hybridized carbons (Fsp3) is 0.500. The number of hydrogen-bond donors (Lipinski definition) is 1. The molecule has 0 amide bonds. The first kappa shape index (κ1) is 16.1. The van der Waals surface area contributed by atoms with Gasteiger partial charge in [-0.15, -0.1) is 0 Å². The van der Waals surface area contributed by atoms with E-state index >= 15 is 0 Å². The molecule has 1 atom stereocenters. The molecular formula is C6H6CaO7. The van der Waals surface area contributed by atoms with Crippen LogP contribution in [0, 0.1) is 0 Å². The van der Waals surface area contributed by atoms with Crippen LogP contribution in [0.2, 0.25) is 0 Å². The molecule has 0 spiro atoms. The van der Waals surface area contributed by atoms with Crippen molar-refractivity contribution in [3.05, 3.63) is 0 Å². The molecule has 8 heteroatoms. The van der Waals surface area contributed by atoms with Crippen molar-refractivity contribution < 1.29 is 34.4 Å². The number of hydrogen-bond acceptors (Lipinski definition) is 6. The Morgan fingerprint density at radius 3 is 2.07 bits per heavy atom. The van der Waals surface area contributed by atoms with Gasteiger partial charge in [0.25, 0.3) is 0 Å². The Labute approximate surface area is 109 Å². The zero-order chi connectivity index (χ0) is 10.4. The van der Waals surface area contributed by atoms with Crippen molar-refractivity contribution in [2.45, 2.75) is 12.5 Å². The zero-order valence-corrected chi connectivity index (χ0v) is 9.30. The summed E-state index contributed by atoms with van der Waals surface area (Å²) in [5.41, 5.74) is 0. The van der Waals surface area contributed by atoms with Gasteiger partial charge in [0.05, 0.1) is 5.97 Å². The second-order valence-corrected chi connectivity index (χ2v) is 2.09. The van der Waals surface area contributed by atoms with Gasteiger partial charge in [0.2, 0.25) is 0 Å². The van der Waals surface area contributed by atoms with Gasteiger partial charge in [-0.25, -0.2) is 4.79 Å². The van der Waals surface area contributed by atoms with Gasteiger partial charge < -0.3 is 29.6 Å². The Kier molecular flexibility index (Phi) is 9.16. The predicted molar refractivity (Wildman–Crippen MR) is 37.8 cm³/mol. The van der Waals surface area contributed by atoms with E-state index in [9.17, 15) is 24.6 Å². The third-order valence-corrected chi connectivity index (χ3v) is 1.02. The van der Waals surface area contributed by atoms with Crippen molar-refractivity contribution in [2.24, 2.45) is 0 Å². The molecule has 1 N–H and O–H groups in total. The molecule has 0 heterocycles. The Bertz CT molecular complexity index is 226. The summed E-state index contributed by atoms with van der Waals surface area (Å²) in [5.74, 6) is -4.84. The summed E-state index contributed by atoms with van der Waals surface area (Å²) in [6.45, 7) is -0.897. The van der Waals surface area contributed by atoms with Crippen LogP contribution in [0.1, 0.15) is 6.42 Å². The van der Waals surface area contributed by atoms with Gasteiger partial charge >= 0.3 is 43.7 Å². The first-order chi connectivity index (χ1) is 5.93. The quantitative estimate of drug-likeness (QED) is 0.460. The first-order valence-electron chi connectivity index (χ1n) is 3.17. The Hall–Kier alpha value is -0.370. The van der Waals surface area contributed by atoms with Gasteiger partial charge in [-0.1, -0.05) is 0 Å². The third kappa shape index (κ3) is 8.24. The monoisotopic (exact) mass is 230 g/mol. The normalized spacial score (nSPS) is 11.1. The molecule has 0 aromatic rings. The van der Waals surface area contributed by atoms with Gasteiger partial charge in [-0.05, 0) is 0 Å². The average molecular weight is 230 g/mol. The van der Waals surface area contributed by atoms with Crippen molar-refractivity contribution in [1.82, 2.24) is 0 Å². The summed E-state index contributed by atoms with van der Waals surface area (Å²) in [6.07, 6.45) is -2.73. The van der Waals surface area contributed by atoms with Crippen LogP contribution in [-0.4, -0.2) is 73.5 Å². The summed E-state index contributed by atoms with van der Waals surface area (Å²) < 4.78 is 4.19. The van der Waals surface area contributed by atoms with E-state index in [-0.39, 0.29) is 37.7 Å². The molecule has 14 heavy (non-hydrogen) atoms. The van der Waals surface area contributed by atoms with E-state index in [1.165, 1.54) is 0 Å². The van der Waals surface area contributed by atoms with Crippen LogP contribution in [0.3, 0.4) is 0 Å². The van der Waals surface area contributed by atoms with E-state index < -0.39 is 37.0 Å². The summed E-state index contributed by atoms with van der Waals surface area (Å²) in [7, 11) is 0. The SMILES string of the molecule is O=C([O-])CC(OCC(=O)O)C(=O)[O-].[Ca+2]. The van der Waals surface area contributed by atoms with Gasteiger partial charge in [0.15, 0.2) is 0 Å². The first-order valence-corrected chi connectivity index (χ1v) is 3.17. The molecule has 0 rings (SSSR count). The Morgan fingerprint density at radius 2 is 1.79 bits per heavy atom. The van der Waals surface area contributed by atoms with E-state index in [1.54, 1.807) is 0 Å². The molecule has 0 aromatic heterocycles. The van der Waals surface area contributed by atoms with Crippen LogP contribution in [0.4, 0.5) is 0 Å².